The van der Waals surface area contributed by atoms with Crippen molar-refractivity contribution in [2.24, 2.45) is 0 Å². The second-order valence-corrected chi connectivity index (χ2v) is 3.91. The van der Waals surface area contributed by atoms with Crippen LogP contribution in [-0.4, -0.2) is 31.4 Å². The van der Waals surface area contributed by atoms with Crippen molar-refractivity contribution in [1.29, 1.82) is 0 Å². The first-order valence-electron chi connectivity index (χ1n) is 5.51. The molecule has 1 heterocycles. The predicted octanol–water partition coefficient (Wildman–Crippen LogP) is 2.46. The lowest BCUT2D eigenvalue weighted by atomic mass is 10.1. The molecule has 2 rings (SSSR count). The van der Waals surface area contributed by atoms with Gasteiger partial charge in [-0.05, 0) is 19.1 Å². The molecule has 96 valence electrons. The molecule has 1 aromatic carbocycles. The van der Waals surface area contributed by atoms with Crippen molar-refractivity contribution in [3.8, 4) is 5.75 Å². The van der Waals surface area contributed by atoms with E-state index in [1.54, 1.807) is 13.2 Å². The Kier molecular flexibility index (Phi) is 3.53. The first-order valence-corrected chi connectivity index (χ1v) is 5.51. The van der Waals surface area contributed by atoms with E-state index >= 15 is 0 Å². The number of methoxy groups -OCH3 is 1. The summed E-state index contributed by atoms with van der Waals surface area (Å²) < 4.78 is 15.6. The van der Waals surface area contributed by atoms with Gasteiger partial charge in [0.2, 0.25) is 0 Å². The van der Waals surface area contributed by atoms with E-state index in [0.29, 0.717) is 17.6 Å². The summed E-state index contributed by atoms with van der Waals surface area (Å²) in [5.74, 6) is -1.05. The van der Waals surface area contributed by atoms with Crippen LogP contribution in [0.25, 0.3) is 11.0 Å². The number of carbonyl (C=O) groups is 1. The Morgan fingerprint density at radius 2 is 2.17 bits per heavy atom. The number of fused-ring (bicyclic) bond motifs is 1. The van der Waals surface area contributed by atoms with Crippen LogP contribution in [0.3, 0.4) is 0 Å². The first kappa shape index (κ1) is 12.4. The molecule has 0 atom stereocenters. The van der Waals surface area contributed by atoms with E-state index < -0.39 is 5.97 Å². The van der Waals surface area contributed by atoms with Gasteiger partial charge in [0.25, 0.3) is 5.76 Å². The second-order valence-electron chi connectivity index (χ2n) is 3.91. The maximum atomic E-state index is 11.1. The molecule has 0 saturated heterocycles. The monoisotopic (exact) mass is 250 g/mol. The van der Waals surface area contributed by atoms with E-state index in [1.165, 1.54) is 0 Å². The second kappa shape index (κ2) is 5.10. The Bertz CT molecular complexity index is 570. The molecular formula is C13H14O5. The lowest BCUT2D eigenvalue weighted by Gasteiger charge is -2.04. The first-order chi connectivity index (χ1) is 8.63. The van der Waals surface area contributed by atoms with Crippen LogP contribution >= 0.6 is 0 Å². The molecule has 1 N–H and O–H groups in total. The number of hydrogen-bond donors (Lipinski definition) is 1. The molecule has 0 aliphatic heterocycles. The molecule has 0 saturated carbocycles. The van der Waals surface area contributed by atoms with Crippen LogP contribution in [0.4, 0.5) is 0 Å². The summed E-state index contributed by atoms with van der Waals surface area (Å²) in [4.78, 5) is 11.1. The van der Waals surface area contributed by atoms with Crippen LogP contribution in [0.5, 0.6) is 5.75 Å². The maximum Gasteiger partial charge on any atom is 0.375 e. The normalized spacial score (nSPS) is 10.8. The molecule has 0 bridgehead atoms. The Morgan fingerprint density at radius 3 is 2.83 bits per heavy atom. The summed E-state index contributed by atoms with van der Waals surface area (Å²) >= 11 is 0. The molecule has 0 unspecified atom stereocenters. The van der Waals surface area contributed by atoms with Gasteiger partial charge in [-0.3, -0.25) is 0 Å². The SMILES string of the molecule is COCCOc1c(C(=O)O)oc2ccc(C)cc12. The van der Waals surface area contributed by atoms with Crippen molar-refractivity contribution < 1.29 is 23.8 Å². The molecule has 5 nitrogen and oxygen atoms in total. The molecule has 0 radical (unpaired) electrons. The molecular weight excluding hydrogens is 236 g/mol. The fraction of sp³-hybridized carbons (Fsp3) is 0.308. The number of benzene rings is 1. The zero-order chi connectivity index (χ0) is 13.1. The Morgan fingerprint density at radius 1 is 1.39 bits per heavy atom. The standard InChI is InChI=1S/C13H14O5/c1-8-3-4-10-9(7-8)11(17-6-5-16-2)12(18-10)13(14)15/h3-4,7H,5-6H2,1-2H3,(H,14,15). The third kappa shape index (κ3) is 2.31. The van der Waals surface area contributed by atoms with Crippen molar-refractivity contribution in [2.45, 2.75) is 6.92 Å². The van der Waals surface area contributed by atoms with Gasteiger partial charge in [0.05, 0.1) is 12.0 Å². The molecule has 1 aromatic heterocycles. The summed E-state index contributed by atoms with van der Waals surface area (Å²) in [5.41, 5.74) is 1.52. The molecule has 0 aliphatic rings. The number of aromatic carboxylic acids is 1. The average molecular weight is 250 g/mol. The van der Waals surface area contributed by atoms with Crippen molar-refractivity contribution in [3.63, 3.8) is 0 Å². The van der Waals surface area contributed by atoms with Gasteiger partial charge < -0.3 is 19.0 Å². The lowest BCUT2D eigenvalue weighted by molar-refractivity contribution is 0.0655. The van der Waals surface area contributed by atoms with Gasteiger partial charge in [-0.15, -0.1) is 0 Å². The van der Waals surface area contributed by atoms with Crippen molar-refractivity contribution in [3.05, 3.63) is 29.5 Å². The highest BCUT2D eigenvalue weighted by Gasteiger charge is 2.21. The zero-order valence-electron chi connectivity index (χ0n) is 10.2. The van der Waals surface area contributed by atoms with Gasteiger partial charge in [-0.25, -0.2) is 4.79 Å². The Balaban J connectivity index is 2.47. The predicted molar refractivity (Wildman–Crippen MR) is 65.3 cm³/mol. The van der Waals surface area contributed by atoms with Gasteiger partial charge in [0, 0.05) is 7.11 Å². The number of carboxylic acids is 1. The van der Waals surface area contributed by atoms with Crippen LogP contribution in [0.15, 0.2) is 22.6 Å². The fourth-order valence-corrected chi connectivity index (χ4v) is 1.70. The molecule has 0 spiro atoms. The molecule has 0 amide bonds. The molecule has 2 aromatic rings. The highest BCUT2D eigenvalue weighted by atomic mass is 16.5. The topological polar surface area (TPSA) is 68.9 Å². The van der Waals surface area contributed by atoms with Crippen LogP contribution in [-0.2, 0) is 4.74 Å². The summed E-state index contributed by atoms with van der Waals surface area (Å²) in [6, 6.07) is 5.43. The van der Waals surface area contributed by atoms with E-state index in [1.807, 2.05) is 19.1 Å². The lowest BCUT2D eigenvalue weighted by Crippen LogP contribution is -2.06. The molecule has 0 aliphatic carbocycles. The fourth-order valence-electron chi connectivity index (χ4n) is 1.70. The summed E-state index contributed by atoms with van der Waals surface area (Å²) in [6.45, 7) is 2.59. The minimum atomic E-state index is -1.14. The Hall–Kier alpha value is -2.01. The van der Waals surface area contributed by atoms with Crippen molar-refractivity contribution in [1.82, 2.24) is 0 Å². The maximum absolute atomic E-state index is 11.1. The van der Waals surface area contributed by atoms with Crippen LogP contribution in [0.1, 0.15) is 16.1 Å². The highest BCUT2D eigenvalue weighted by molar-refractivity contribution is 5.98. The van der Waals surface area contributed by atoms with E-state index in [9.17, 15) is 4.79 Å². The largest absolute Gasteiger partial charge is 0.486 e. The highest BCUT2D eigenvalue weighted by Crippen LogP contribution is 2.33. The van der Waals surface area contributed by atoms with E-state index in [-0.39, 0.29) is 18.1 Å². The van der Waals surface area contributed by atoms with Gasteiger partial charge in [0.15, 0.2) is 5.75 Å². The quantitative estimate of drug-likeness (QED) is 0.825. The molecule has 0 fully saturated rings. The molecule has 18 heavy (non-hydrogen) atoms. The third-order valence-corrected chi connectivity index (χ3v) is 2.53. The number of ether oxygens (including phenoxy) is 2. The van der Waals surface area contributed by atoms with Gasteiger partial charge >= 0.3 is 5.97 Å². The molecule has 5 heteroatoms. The van der Waals surface area contributed by atoms with Crippen molar-refractivity contribution >= 4 is 16.9 Å². The smallest absolute Gasteiger partial charge is 0.375 e. The van der Waals surface area contributed by atoms with Gasteiger partial charge in [-0.2, -0.15) is 0 Å². The van der Waals surface area contributed by atoms with E-state index in [2.05, 4.69) is 0 Å². The Labute approximate surface area is 104 Å². The van der Waals surface area contributed by atoms with E-state index in [0.717, 1.165) is 5.56 Å². The zero-order valence-corrected chi connectivity index (χ0v) is 10.2. The number of aryl methyl sites for hydroxylation is 1. The van der Waals surface area contributed by atoms with Crippen LogP contribution < -0.4 is 4.74 Å². The summed E-state index contributed by atoms with van der Waals surface area (Å²) in [6.07, 6.45) is 0. The number of furan rings is 1. The van der Waals surface area contributed by atoms with Crippen LogP contribution in [0, 0.1) is 6.92 Å². The summed E-state index contributed by atoms with van der Waals surface area (Å²) in [7, 11) is 1.55. The average Bonchev–Trinajstić information content (AvgIpc) is 2.68. The third-order valence-electron chi connectivity index (χ3n) is 2.53. The van der Waals surface area contributed by atoms with Gasteiger partial charge in [-0.1, -0.05) is 11.6 Å². The minimum Gasteiger partial charge on any atom is -0.486 e. The van der Waals surface area contributed by atoms with Gasteiger partial charge in [0.1, 0.15) is 12.2 Å². The number of rotatable bonds is 5. The number of hydrogen-bond acceptors (Lipinski definition) is 4. The van der Waals surface area contributed by atoms with Crippen LogP contribution in [0.2, 0.25) is 0 Å². The van der Waals surface area contributed by atoms with Crippen molar-refractivity contribution in [2.75, 3.05) is 20.3 Å². The van der Waals surface area contributed by atoms with E-state index in [4.69, 9.17) is 19.0 Å². The summed E-state index contributed by atoms with van der Waals surface area (Å²) in [5, 5.41) is 9.76. The number of carboxylic acid groups (broad SMARTS) is 1. The minimum absolute atomic E-state index is 0.174.